The number of ether oxygens (including phenoxy) is 2. The van der Waals surface area contributed by atoms with E-state index in [-0.39, 0.29) is 11.9 Å². The molecule has 1 atom stereocenters. The number of hydrogen-bond donors (Lipinski definition) is 2. The summed E-state index contributed by atoms with van der Waals surface area (Å²) in [4.78, 5) is 31.1. The largest absolute Gasteiger partial charge is 0.376 e. The highest BCUT2D eigenvalue weighted by Gasteiger charge is 2.30. The molecule has 2 saturated heterocycles. The lowest BCUT2D eigenvalue weighted by molar-refractivity contribution is -0.158. The van der Waals surface area contributed by atoms with Crippen molar-refractivity contribution < 1.29 is 19.1 Å². The third-order valence-electron chi connectivity index (χ3n) is 6.45. The molecule has 5 rings (SSSR count). The van der Waals surface area contributed by atoms with Crippen molar-refractivity contribution in [2.24, 2.45) is 0 Å². The Morgan fingerprint density at radius 1 is 1.06 bits per heavy atom. The minimum absolute atomic E-state index is 0.0356. The predicted octanol–water partition coefficient (Wildman–Crippen LogP) is 2.78. The Bertz CT molecular complexity index is 1130. The van der Waals surface area contributed by atoms with Crippen LogP contribution >= 0.6 is 0 Å². The van der Waals surface area contributed by atoms with Crippen LogP contribution in [0.2, 0.25) is 0 Å². The second-order valence-corrected chi connectivity index (χ2v) is 8.69. The van der Waals surface area contributed by atoms with Gasteiger partial charge in [-0.2, -0.15) is 0 Å². The van der Waals surface area contributed by atoms with Crippen molar-refractivity contribution in [1.82, 2.24) is 19.6 Å². The maximum atomic E-state index is 12.6. The number of piperidine rings is 1. The highest BCUT2D eigenvalue weighted by atomic mass is 16.6. The molecule has 2 N–H and O–H groups in total. The van der Waals surface area contributed by atoms with E-state index in [9.17, 15) is 9.59 Å². The summed E-state index contributed by atoms with van der Waals surface area (Å²) in [6.45, 7) is 3.24. The van der Waals surface area contributed by atoms with Gasteiger partial charge in [0.1, 0.15) is 5.65 Å². The predicted molar refractivity (Wildman–Crippen MR) is 127 cm³/mol. The van der Waals surface area contributed by atoms with Gasteiger partial charge < -0.3 is 29.4 Å². The SMILES string of the molecule is O=C(NCc1ccn2ccnc2c1)Nc1ccc(C2CCN(C(=O)C3COCCO3)CC2)cc1. The summed E-state index contributed by atoms with van der Waals surface area (Å²) in [5, 5.41) is 5.76. The number of urea groups is 1. The normalized spacial score (nSPS) is 19.2. The minimum atomic E-state index is -0.463. The Morgan fingerprint density at radius 3 is 2.65 bits per heavy atom. The summed E-state index contributed by atoms with van der Waals surface area (Å²) in [6, 6.07) is 11.6. The molecular formula is C25H29N5O4. The summed E-state index contributed by atoms with van der Waals surface area (Å²) in [7, 11) is 0. The Labute approximate surface area is 198 Å². The lowest BCUT2D eigenvalue weighted by Crippen LogP contribution is -2.47. The maximum Gasteiger partial charge on any atom is 0.319 e. The average molecular weight is 464 g/mol. The minimum Gasteiger partial charge on any atom is -0.376 e. The van der Waals surface area contributed by atoms with E-state index >= 15 is 0 Å². The molecule has 2 aliphatic heterocycles. The fraction of sp³-hybridized carbons (Fsp3) is 0.400. The van der Waals surface area contributed by atoms with Crippen LogP contribution in [0, 0.1) is 0 Å². The lowest BCUT2D eigenvalue weighted by atomic mass is 9.89. The first-order valence-corrected chi connectivity index (χ1v) is 11.7. The zero-order valence-electron chi connectivity index (χ0n) is 19.0. The van der Waals surface area contributed by atoms with Gasteiger partial charge in [0.25, 0.3) is 5.91 Å². The molecule has 0 bridgehead atoms. The van der Waals surface area contributed by atoms with E-state index < -0.39 is 6.10 Å². The standard InChI is InChI=1S/C25H29N5O4/c31-24(22-17-33-13-14-34-22)30-10-6-20(7-11-30)19-1-3-21(4-2-19)28-25(32)27-16-18-5-9-29-12-8-26-23(29)15-18/h1-5,8-9,12,15,20,22H,6-7,10-11,13-14,16-17H2,(H2,27,28,32). The van der Waals surface area contributed by atoms with Gasteiger partial charge in [0.05, 0.1) is 19.8 Å². The Balaban J connectivity index is 1.08. The van der Waals surface area contributed by atoms with Gasteiger partial charge in [-0.15, -0.1) is 0 Å². The van der Waals surface area contributed by atoms with E-state index in [4.69, 9.17) is 9.47 Å². The number of carbonyl (C=O) groups is 2. The number of rotatable bonds is 5. The van der Waals surface area contributed by atoms with Crippen molar-refractivity contribution in [3.63, 3.8) is 0 Å². The molecule has 2 fully saturated rings. The van der Waals surface area contributed by atoms with Gasteiger partial charge >= 0.3 is 6.03 Å². The number of anilines is 1. The fourth-order valence-corrected chi connectivity index (χ4v) is 4.53. The third kappa shape index (κ3) is 5.21. The van der Waals surface area contributed by atoms with Gasteiger partial charge in [-0.05, 0) is 54.2 Å². The van der Waals surface area contributed by atoms with Gasteiger partial charge in [-0.1, -0.05) is 12.1 Å². The molecule has 34 heavy (non-hydrogen) atoms. The van der Waals surface area contributed by atoms with Gasteiger partial charge in [-0.25, -0.2) is 9.78 Å². The summed E-state index contributed by atoms with van der Waals surface area (Å²) in [5.41, 5.74) is 3.80. The summed E-state index contributed by atoms with van der Waals surface area (Å²) in [5.74, 6) is 0.432. The van der Waals surface area contributed by atoms with Crippen LogP contribution in [0.3, 0.4) is 0 Å². The van der Waals surface area contributed by atoms with Crippen LogP contribution < -0.4 is 10.6 Å². The molecule has 4 heterocycles. The second-order valence-electron chi connectivity index (χ2n) is 8.69. The molecule has 0 radical (unpaired) electrons. The highest BCUT2D eigenvalue weighted by Crippen LogP contribution is 2.29. The number of hydrogen-bond acceptors (Lipinski definition) is 5. The summed E-state index contributed by atoms with van der Waals surface area (Å²) >= 11 is 0. The number of nitrogens with zero attached hydrogens (tertiary/aromatic N) is 3. The number of nitrogens with one attached hydrogen (secondary N) is 2. The Morgan fingerprint density at radius 2 is 1.88 bits per heavy atom. The molecule has 1 unspecified atom stereocenters. The molecule has 9 heteroatoms. The summed E-state index contributed by atoms with van der Waals surface area (Å²) in [6.07, 6.45) is 6.91. The van der Waals surface area contributed by atoms with Crippen molar-refractivity contribution in [2.45, 2.75) is 31.4 Å². The van der Waals surface area contributed by atoms with E-state index in [1.807, 2.05) is 46.0 Å². The molecule has 0 saturated carbocycles. The number of benzene rings is 1. The molecule has 0 aliphatic carbocycles. The Hall–Kier alpha value is -3.43. The quantitative estimate of drug-likeness (QED) is 0.607. The number of aromatic nitrogens is 2. The molecule has 3 aromatic rings. The van der Waals surface area contributed by atoms with Crippen LogP contribution in [-0.4, -0.2) is 65.2 Å². The molecule has 1 aromatic carbocycles. The first-order chi connectivity index (χ1) is 16.7. The van der Waals surface area contributed by atoms with Crippen LogP contribution in [0.15, 0.2) is 55.0 Å². The van der Waals surface area contributed by atoms with Crippen LogP contribution in [0.5, 0.6) is 0 Å². The first-order valence-electron chi connectivity index (χ1n) is 11.7. The average Bonchev–Trinajstić information content (AvgIpc) is 3.36. The lowest BCUT2D eigenvalue weighted by Gasteiger charge is -2.35. The van der Waals surface area contributed by atoms with Crippen LogP contribution in [0.4, 0.5) is 10.5 Å². The number of amides is 3. The van der Waals surface area contributed by atoms with Crippen molar-refractivity contribution in [1.29, 1.82) is 0 Å². The first kappa shape index (κ1) is 22.4. The van der Waals surface area contributed by atoms with E-state index in [0.29, 0.717) is 32.3 Å². The molecule has 9 nitrogen and oxygen atoms in total. The number of imidazole rings is 1. The molecular weight excluding hydrogens is 434 g/mol. The molecule has 3 amide bonds. The fourth-order valence-electron chi connectivity index (χ4n) is 4.53. The van der Waals surface area contributed by atoms with Crippen molar-refractivity contribution in [2.75, 3.05) is 38.2 Å². The van der Waals surface area contributed by atoms with Crippen molar-refractivity contribution >= 4 is 23.3 Å². The molecule has 178 valence electrons. The van der Waals surface area contributed by atoms with Crippen LogP contribution in [0.25, 0.3) is 5.65 Å². The van der Waals surface area contributed by atoms with Crippen LogP contribution in [-0.2, 0) is 20.8 Å². The number of carbonyl (C=O) groups excluding carboxylic acids is 2. The smallest absolute Gasteiger partial charge is 0.319 e. The molecule has 0 spiro atoms. The van der Waals surface area contributed by atoms with Gasteiger partial charge in [0.2, 0.25) is 0 Å². The van der Waals surface area contributed by atoms with E-state index in [0.717, 1.165) is 42.8 Å². The van der Waals surface area contributed by atoms with Gasteiger partial charge in [0.15, 0.2) is 6.10 Å². The number of likely N-dealkylation sites (tertiary alicyclic amines) is 1. The van der Waals surface area contributed by atoms with Crippen molar-refractivity contribution in [3.05, 3.63) is 66.1 Å². The highest BCUT2D eigenvalue weighted by molar-refractivity contribution is 5.89. The van der Waals surface area contributed by atoms with E-state index in [1.54, 1.807) is 6.20 Å². The van der Waals surface area contributed by atoms with E-state index in [1.165, 1.54) is 5.56 Å². The van der Waals surface area contributed by atoms with Crippen molar-refractivity contribution in [3.8, 4) is 0 Å². The second kappa shape index (κ2) is 10.2. The third-order valence-corrected chi connectivity index (χ3v) is 6.45. The van der Waals surface area contributed by atoms with E-state index in [2.05, 4.69) is 27.8 Å². The zero-order chi connectivity index (χ0) is 23.3. The number of fused-ring (bicyclic) bond motifs is 1. The monoisotopic (exact) mass is 463 g/mol. The molecule has 2 aliphatic rings. The summed E-state index contributed by atoms with van der Waals surface area (Å²) < 4.78 is 12.8. The molecule has 2 aromatic heterocycles. The van der Waals surface area contributed by atoms with Gasteiger partial charge in [0, 0.05) is 43.9 Å². The van der Waals surface area contributed by atoms with Crippen LogP contribution in [0.1, 0.15) is 29.9 Å². The number of pyridine rings is 1. The Kier molecular flexibility index (Phi) is 6.73. The van der Waals surface area contributed by atoms with Gasteiger partial charge in [-0.3, -0.25) is 4.79 Å². The zero-order valence-corrected chi connectivity index (χ0v) is 19.0. The topological polar surface area (TPSA) is 97.2 Å². The maximum absolute atomic E-state index is 12.6.